The normalized spacial score (nSPS) is 10.4. The van der Waals surface area contributed by atoms with Crippen molar-refractivity contribution in [3.63, 3.8) is 0 Å². The zero-order valence-electron chi connectivity index (χ0n) is 11.0. The monoisotopic (exact) mass is 266 g/mol. The highest BCUT2D eigenvalue weighted by Gasteiger charge is 2.08. The smallest absolute Gasteiger partial charge is 0.154 e. The van der Waals surface area contributed by atoms with Crippen LogP contribution in [-0.4, -0.2) is 12.1 Å². The lowest BCUT2D eigenvalue weighted by Gasteiger charge is -2.11. The number of anilines is 1. The van der Waals surface area contributed by atoms with Gasteiger partial charge in [-0.25, -0.2) is 0 Å². The van der Waals surface area contributed by atoms with Crippen LogP contribution >= 0.6 is 0 Å². The summed E-state index contributed by atoms with van der Waals surface area (Å²) in [6.45, 7) is 0. The van der Waals surface area contributed by atoms with E-state index >= 15 is 0 Å². The number of aromatic nitrogens is 1. The summed E-state index contributed by atoms with van der Waals surface area (Å²) in [6.07, 6.45) is 1.68. The number of methoxy groups -OCH3 is 1. The zero-order valence-corrected chi connectivity index (χ0v) is 11.0. The molecule has 0 spiro atoms. The predicted octanol–water partition coefficient (Wildman–Crippen LogP) is 3.62. The van der Waals surface area contributed by atoms with E-state index in [1.165, 1.54) is 0 Å². The van der Waals surface area contributed by atoms with E-state index in [1.54, 1.807) is 25.4 Å². The van der Waals surface area contributed by atoms with Crippen LogP contribution in [0.4, 0.5) is 5.69 Å². The molecule has 0 atom stereocenters. The molecule has 0 saturated heterocycles. The van der Waals surface area contributed by atoms with Crippen LogP contribution in [0.3, 0.4) is 0 Å². The Bertz CT molecular complexity index is 756. The molecule has 0 aliphatic carbocycles. The third-order valence-corrected chi connectivity index (χ3v) is 3.04. The van der Waals surface area contributed by atoms with Crippen LogP contribution in [0.15, 0.2) is 54.7 Å². The summed E-state index contributed by atoms with van der Waals surface area (Å²) in [5.74, 6) is 1.79. The van der Waals surface area contributed by atoms with Gasteiger partial charge in [-0.15, -0.1) is 0 Å². The first-order chi connectivity index (χ1) is 9.78. The summed E-state index contributed by atoms with van der Waals surface area (Å²) in [6, 6.07) is 15.2. The number of nitrogens with zero attached hydrogens (tertiary/aromatic N) is 1. The summed E-state index contributed by atoms with van der Waals surface area (Å²) in [4.78, 5) is 4.35. The van der Waals surface area contributed by atoms with E-state index < -0.39 is 0 Å². The minimum absolute atomic E-state index is 0.475. The molecule has 4 heteroatoms. The minimum Gasteiger partial charge on any atom is -0.494 e. The Balaban J connectivity index is 1.97. The molecule has 4 nitrogen and oxygen atoms in total. The number of ether oxygens (including phenoxy) is 2. The van der Waals surface area contributed by atoms with Gasteiger partial charge in [0.05, 0.1) is 18.8 Å². The maximum Gasteiger partial charge on any atom is 0.154 e. The van der Waals surface area contributed by atoms with E-state index in [-0.39, 0.29) is 0 Å². The molecule has 0 aliphatic rings. The lowest BCUT2D eigenvalue weighted by molar-refractivity contribution is 0.412. The van der Waals surface area contributed by atoms with Gasteiger partial charge in [0, 0.05) is 5.39 Å². The Hall–Kier alpha value is -2.75. The van der Waals surface area contributed by atoms with Crippen molar-refractivity contribution in [2.75, 3.05) is 12.8 Å². The van der Waals surface area contributed by atoms with Gasteiger partial charge in [-0.1, -0.05) is 24.3 Å². The molecule has 100 valence electrons. The summed E-state index contributed by atoms with van der Waals surface area (Å²) >= 11 is 0. The van der Waals surface area contributed by atoms with E-state index in [9.17, 15) is 0 Å². The maximum atomic E-state index is 5.98. The number of benzene rings is 2. The third-order valence-electron chi connectivity index (χ3n) is 3.04. The number of nitrogen functional groups attached to an aromatic ring is 1. The number of hydrogen-bond donors (Lipinski definition) is 1. The molecule has 0 unspecified atom stereocenters. The van der Waals surface area contributed by atoms with Gasteiger partial charge in [-0.05, 0) is 24.3 Å². The molecular formula is C16H14N2O2. The van der Waals surface area contributed by atoms with Crippen molar-refractivity contribution >= 4 is 16.6 Å². The van der Waals surface area contributed by atoms with Gasteiger partial charge in [0.1, 0.15) is 17.2 Å². The number of para-hydroxylation sites is 2. The van der Waals surface area contributed by atoms with Gasteiger partial charge >= 0.3 is 0 Å². The van der Waals surface area contributed by atoms with Crippen LogP contribution in [0.2, 0.25) is 0 Å². The second-order valence-electron chi connectivity index (χ2n) is 4.34. The molecule has 20 heavy (non-hydrogen) atoms. The Morgan fingerprint density at radius 2 is 1.80 bits per heavy atom. The van der Waals surface area contributed by atoms with E-state index in [0.29, 0.717) is 22.9 Å². The predicted molar refractivity (Wildman–Crippen MR) is 79.2 cm³/mol. The average Bonchev–Trinajstić information content (AvgIpc) is 2.49. The SMILES string of the molecule is COc1cccc(Oc2cnc3ccccc3c2)c1N. The van der Waals surface area contributed by atoms with Crippen molar-refractivity contribution in [2.45, 2.75) is 0 Å². The van der Waals surface area contributed by atoms with Crippen LogP contribution in [0.25, 0.3) is 10.9 Å². The minimum atomic E-state index is 0.475. The number of fused-ring (bicyclic) bond motifs is 1. The van der Waals surface area contributed by atoms with Gasteiger partial charge in [0.2, 0.25) is 0 Å². The molecule has 2 N–H and O–H groups in total. The lowest BCUT2D eigenvalue weighted by atomic mass is 10.2. The Morgan fingerprint density at radius 3 is 2.65 bits per heavy atom. The van der Waals surface area contributed by atoms with Gasteiger partial charge in [-0.2, -0.15) is 0 Å². The molecule has 0 saturated carbocycles. The Labute approximate surface area is 116 Å². The van der Waals surface area contributed by atoms with E-state index in [1.807, 2.05) is 36.4 Å². The fraction of sp³-hybridized carbons (Fsp3) is 0.0625. The molecule has 3 aromatic rings. The standard InChI is InChI=1S/C16H14N2O2/c1-19-14-7-4-8-15(16(14)17)20-12-9-11-5-2-3-6-13(11)18-10-12/h2-10H,17H2,1H3. The number of rotatable bonds is 3. The van der Waals surface area contributed by atoms with Crippen molar-refractivity contribution in [2.24, 2.45) is 0 Å². The van der Waals surface area contributed by atoms with Crippen molar-refractivity contribution in [1.29, 1.82) is 0 Å². The summed E-state index contributed by atoms with van der Waals surface area (Å²) < 4.78 is 11.0. The second kappa shape index (κ2) is 5.09. The number of hydrogen-bond acceptors (Lipinski definition) is 4. The second-order valence-corrected chi connectivity index (χ2v) is 4.34. The van der Waals surface area contributed by atoms with E-state index in [2.05, 4.69) is 4.98 Å². The molecule has 0 fully saturated rings. The fourth-order valence-corrected chi connectivity index (χ4v) is 2.02. The quantitative estimate of drug-likeness (QED) is 0.736. The Kier molecular flexibility index (Phi) is 3.13. The molecular weight excluding hydrogens is 252 g/mol. The van der Waals surface area contributed by atoms with Crippen LogP contribution in [0, 0.1) is 0 Å². The summed E-state index contributed by atoms with van der Waals surface area (Å²) in [7, 11) is 1.58. The molecule has 3 rings (SSSR count). The van der Waals surface area contributed by atoms with Crippen LogP contribution in [-0.2, 0) is 0 Å². The fourth-order valence-electron chi connectivity index (χ4n) is 2.02. The summed E-state index contributed by atoms with van der Waals surface area (Å²) in [5, 5.41) is 1.02. The third kappa shape index (κ3) is 2.23. The molecule has 1 heterocycles. The van der Waals surface area contributed by atoms with Crippen molar-refractivity contribution in [1.82, 2.24) is 4.98 Å². The molecule has 1 aromatic heterocycles. The number of nitrogens with two attached hydrogens (primary N) is 1. The van der Waals surface area contributed by atoms with Gasteiger partial charge < -0.3 is 15.2 Å². The van der Waals surface area contributed by atoms with Gasteiger partial charge in [-0.3, -0.25) is 4.98 Å². The van der Waals surface area contributed by atoms with E-state index in [4.69, 9.17) is 15.2 Å². The van der Waals surface area contributed by atoms with Crippen molar-refractivity contribution in [3.05, 3.63) is 54.7 Å². The van der Waals surface area contributed by atoms with Crippen LogP contribution < -0.4 is 15.2 Å². The zero-order chi connectivity index (χ0) is 13.9. The maximum absolute atomic E-state index is 5.98. The highest BCUT2D eigenvalue weighted by atomic mass is 16.5. The first-order valence-electron chi connectivity index (χ1n) is 6.23. The molecule has 0 amide bonds. The number of pyridine rings is 1. The van der Waals surface area contributed by atoms with Crippen LogP contribution in [0.1, 0.15) is 0 Å². The highest BCUT2D eigenvalue weighted by Crippen LogP contribution is 2.34. The molecule has 0 bridgehead atoms. The van der Waals surface area contributed by atoms with Crippen molar-refractivity contribution < 1.29 is 9.47 Å². The van der Waals surface area contributed by atoms with E-state index in [0.717, 1.165) is 10.9 Å². The van der Waals surface area contributed by atoms with Gasteiger partial charge in [0.15, 0.2) is 5.75 Å². The molecule has 0 aliphatic heterocycles. The first-order valence-corrected chi connectivity index (χ1v) is 6.23. The lowest BCUT2D eigenvalue weighted by Crippen LogP contribution is -1.96. The Morgan fingerprint density at radius 1 is 1.00 bits per heavy atom. The topological polar surface area (TPSA) is 57.4 Å². The average molecular weight is 266 g/mol. The van der Waals surface area contributed by atoms with Gasteiger partial charge in [0.25, 0.3) is 0 Å². The van der Waals surface area contributed by atoms with Crippen molar-refractivity contribution in [3.8, 4) is 17.2 Å². The first kappa shape index (κ1) is 12.3. The molecule has 0 radical (unpaired) electrons. The highest BCUT2D eigenvalue weighted by molar-refractivity contribution is 5.79. The molecule has 2 aromatic carbocycles. The largest absolute Gasteiger partial charge is 0.494 e. The van der Waals surface area contributed by atoms with Crippen LogP contribution in [0.5, 0.6) is 17.2 Å². The summed E-state index contributed by atoms with van der Waals surface area (Å²) in [5.41, 5.74) is 7.39.